The van der Waals surface area contributed by atoms with Gasteiger partial charge in [0, 0.05) is 32.5 Å². The van der Waals surface area contributed by atoms with Crippen molar-refractivity contribution < 1.29 is 4.74 Å². The Hall–Kier alpha value is -2.06. The van der Waals surface area contributed by atoms with Crippen molar-refractivity contribution in [3.63, 3.8) is 0 Å². The van der Waals surface area contributed by atoms with Gasteiger partial charge in [0.05, 0.1) is 0 Å². The molecule has 0 N–H and O–H groups in total. The fraction of sp³-hybridized carbons (Fsp3) is 0.273. The number of aryl methyl sites for hydroxylation is 1. The summed E-state index contributed by atoms with van der Waals surface area (Å²) >= 11 is 1.94. The monoisotopic (exact) mass is 332 g/mol. The molecule has 4 atom stereocenters. The minimum absolute atomic E-state index is 0.186. The number of hydrogen-bond donors (Lipinski definition) is 0. The van der Waals surface area contributed by atoms with Gasteiger partial charge in [0.15, 0.2) is 0 Å². The number of hydrogen-bond acceptors (Lipinski definition) is 2. The Balaban J connectivity index is 1.48. The van der Waals surface area contributed by atoms with Crippen molar-refractivity contribution in [2.75, 3.05) is 0 Å². The summed E-state index contributed by atoms with van der Waals surface area (Å²) in [4.78, 5) is 2.92. The van der Waals surface area contributed by atoms with Gasteiger partial charge in [-0.25, -0.2) is 0 Å². The lowest BCUT2D eigenvalue weighted by Gasteiger charge is -2.23. The van der Waals surface area contributed by atoms with Crippen molar-refractivity contribution in [2.45, 2.75) is 25.9 Å². The van der Waals surface area contributed by atoms with Gasteiger partial charge < -0.3 is 4.74 Å². The minimum atomic E-state index is 0.186. The lowest BCUT2D eigenvalue weighted by atomic mass is 10.0. The van der Waals surface area contributed by atoms with E-state index in [1.165, 1.54) is 26.1 Å². The molecule has 1 aromatic heterocycles. The zero-order valence-corrected chi connectivity index (χ0v) is 14.7. The van der Waals surface area contributed by atoms with E-state index in [0.717, 1.165) is 5.75 Å². The molecule has 1 fully saturated rings. The molecule has 1 aliphatic heterocycles. The van der Waals surface area contributed by atoms with Crippen LogP contribution in [-0.4, -0.2) is 6.10 Å². The molecular weight excluding hydrogens is 312 g/mol. The Morgan fingerprint density at radius 2 is 1.88 bits per heavy atom. The first-order valence-corrected chi connectivity index (χ1v) is 9.47. The molecule has 2 aliphatic rings. The third kappa shape index (κ3) is 2.13. The molecule has 2 heteroatoms. The van der Waals surface area contributed by atoms with Gasteiger partial charge in [0.2, 0.25) is 0 Å². The second-order valence-corrected chi connectivity index (χ2v) is 8.38. The Morgan fingerprint density at radius 3 is 2.71 bits per heavy atom. The fourth-order valence-corrected chi connectivity index (χ4v) is 5.33. The van der Waals surface area contributed by atoms with Crippen LogP contribution < -0.4 is 4.74 Å². The number of rotatable bonds is 2. The van der Waals surface area contributed by atoms with E-state index in [4.69, 9.17) is 4.74 Å². The van der Waals surface area contributed by atoms with Gasteiger partial charge in [-0.05, 0) is 36.4 Å². The maximum Gasteiger partial charge on any atom is 0.135 e. The molecule has 0 saturated heterocycles. The first-order chi connectivity index (χ1) is 11.7. The summed E-state index contributed by atoms with van der Waals surface area (Å²) in [5.41, 5.74) is 1.20. The van der Waals surface area contributed by atoms with Gasteiger partial charge in [-0.3, -0.25) is 0 Å². The molecular formula is C22H20OS. The van der Waals surface area contributed by atoms with E-state index in [2.05, 4.69) is 74.5 Å². The lowest BCUT2D eigenvalue weighted by Crippen LogP contribution is -2.20. The molecule has 120 valence electrons. The summed E-state index contributed by atoms with van der Waals surface area (Å²) in [5.74, 6) is 2.98. The second kappa shape index (κ2) is 5.22. The molecule has 1 saturated carbocycles. The van der Waals surface area contributed by atoms with Crippen LogP contribution in [0.15, 0.2) is 54.6 Å². The van der Waals surface area contributed by atoms with Gasteiger partial charge in [0.1, 0.15) is 11.9 Å². The second-order valence-electron chi connectivity index (χ2n) is 7.06. The maximum atomic E-state index is 6.52. The fourth-order valence-electron chi connectivity index (χ4n) is 4.18. The molecule has 2 heterocycles. The molecule has 2 aromatic carbocycles. The Bertz CT molecular complexity index is 952. The molecule has 3 aromatic rings. The molecule has 1 aliphatic carbocycles. The van der Waals surface area contributed by atoms with Gasteiger partial charge in [-0.1, -0.05) is 49.4 Å². The topological polar surface area (TPSA) is 9.23 Å². The molecule has 0 radical (unpaired) electrons. The Kier molecular flexibility index (Phi) is 3.11. The Labute approximate surface area is 146 Å². The third-order valence-corrected chi connectivity index (χ3v) is 6.65. The number of thiophene rings is 1. The number of fused-ring (bicyclic) bond motifs is 3. The largest absolute Gasteiger partial charge is 0.485 e. The molecule has 24 heavy (non-hydrogen) atoms. The van der Waals surface area contributed by atoms with Crippen molar-refractivity contribution in [3.8, 4) is 5.75 Å². The van der Waals surface area contributed by atoms with Crippen LogP contribution in [0.25, 0.3) is 16.8 Å². The average Bonchev–Trinajstić information content (AvgIpc) is 3.09. The smallest absolute Gasteiger partial charge is 0.135 e. The Morgan fingerprint density at radius 1 is 1.00 bits per heavy atom. The SMILES string of the molecule is Cc1ccc(C2C(C)C2C2C=Cc3ccc4ccccc4c3O2)s1. The highest BCUT2D eigenvalue weighted by atomic mass is 32.1. The first kappa shape index (κ1) is 14.3. The summed E-state index contributed by atoms with van der Waals surface area (Å²) in [6.07, 6.45) is 4.70. The van der Waals surface area contributed by atoms with Crippen molar-refractivity contribution in [2.24, 2.45) is 11.8 Å². The van der Waals surface area contributed by atoms with Crippen molar-refractivity contribution in [1.29, 1.82) is 0 Å². The van der Waals surface area contributed by atoms with Gasteiger partial charge >= 0.3 is 0 Å². The molecule has 0 bridgehead atoms. The molecule has 1 nitrogen and oxygen atoms in total. The van der Waals surface area contributed by atoms with Crippen LogP contribution in [0.4, 0.5) is 0 Å². The highest BCUT2D eigenvalue weighted by molar-refractivity contribution is 7.12. The van der Waals surface area contributed by atoms with E-state index in [0.29, 0.717) is 17.8 Å². The molecule has 0 amide bonds. The van der Waals surface area contributed by atoms with Gasteiger partial charge in [-0.15, -0.1) is 11.3 Å². The lowest BCUT2D eigenvalue weighted by molar-refractivity contribution is 0.217. The standard InChI is InChI=1S/C22H20OS/c1-13-7-12-19(24-13)21-14(2)20(21)18-11-10-16-9-8-15-5-3-4-6-17(15)22(16)23-18/h3-12,14,18,20-21H,1-2H3. The van der Waals surface area contributed by atoms with E-state index in [1.54, 1.807) is 0 Å². The predicted molar refractivity (Wildman–Crippen MR) is 102 cm³/mol. The van der Waals surface area contributed by atoms with Crippen LogP contribution in [0, 0.1) is 18.8 Å². The van der Waals surface area contributed by atoms with Gasteiger partial charge in [-0.2, -0.15) is 0 Å². The summed E-state index contributed by atoms with van der Waals surface area (Å²) in [6.45, 7) is 4.55. The van der Waals surface area contributed by atoms with Crippen LogP contribution in [0.2, 0.25) is 0 Å². The predicted octanol–water partition coefficient (Wildman–Crippen LogP) is 6.03. The quantitative estimate of drug-likeness (QED) is 0.556. The summed E-state index contributed by atoms with van der Waals surface area (Å²) < 4.78 is 6.52. The van der Waals surface area contributed by atoms with Crippen LogP contribution >= 0.6 is 11.3 Å². The summed E-state index contributed by atoms with van der Waals surface area (Å²) in [7, 11) is 0. The van der Waals surface area contributed by atoms with Crippen molar-refractivity contribution in [3.05, 3.63) is 69.9 Å². The van der Waals surface area contributed by atoms with E-state index in [-0.39, 0.29) is 6.10 Å². The number of ether oxygens (including phenoxy) is 1. The molecule has 0 spiro atoms. The minimum Gasteiger partial charge on any atom is -0.485 e. The first-order valence-electron chi connectivity index (χ1n) is 8.65. The maximum absolute atomic E-state index is 6.52. The summed E-state index contributed by atoms with van der Waals surface area (Å²) in [5, 5.41) is 2.47. The van der Waals surface area contributed by atoms with Crippen LogP contribution in [-0.2, 0) is 0 Å². The highest BCUT2D eigenvalue weighted by Gasteiger charge is 2.53. The van der Waals surface area contributed by atoms with E-state index < -0.39 is 0 Å². The average molecular weight is 332 g/mol. The van der Waals surface area contributed by atoms with E-state index in [9.17, 15) is 0 Å². The normalized spacial score (nSPS) is 27.8. The number of benzene rings is 2. The van der Waals surface area contributed by atoms with Crippen molar-refractivity contribution >= 4 is 28.2 Å². The molecule has 4 unspecified atom stereocenters. The van der Waals surface area contributed by atoms with Crippen LogP contribution in [0.3, 0.4) is 0 Å². The highest BCUT2D eigenvalue weighted by Crippen LogP contribution is 2.58. The zero-order chi connectivity index (χ0) is 16.3. The third-order valence-electron chi connectivity index (χ3n) is 5.55. The molecule has 5 rings (SSSR count). The van der Waals surface area contributed by atoms with E-state index in [1.807, 2.05) is 11.3 Å². The van der Waals surface area contributed by atoms with E-state index >= 15 is 0 Å². The zero-order valence-electron chi connectivity index (χ0n) is 13.9. The van der Waals surface area contributed by atoms with Crippen molar-refractivity contribution in [1.82, 2.24) is 0 Å². The van der Waals surface area contributed by atoms with Gasteiger partial charge in [0.25, 0.3) is 0 Å². The van der Waals surface area contributed by atoms with Crippen LogP contribution in [0.5, 0.6) is 5.75 Å². The van der Waals surface area contributed by atoms with Crippen LogP contribution in [0.1, 0.15) is 28.2 Å². The summed E-state index contributed by atoms with van der Waals surface area (Å²) in [6, 6.07) is 17.4.